The molecule has 4 aromatic rings. The van der Waals surface area contributed by atoms with Gasteiger partial charge in [-0.2, -0.15) is 0 Å². The van der Waals surface area contributed by atoms with Crippen molar-refractivity contribution in [3.63, 3.8) is 0 Å². The van der Waals surface area contributed by atoms with Crippen molar-refractivity contribution >= 4 is 22.8 Å². The van der Waals surface area contributed by atoms with Crippen LogP contribution < -0.4 is 0 Å². The van der Waals surface area contributed by atoms with Crippen LogP contribution >= 0.6 is 11.8 Å². The Balaban J connectivity index is 1.66. The van der Waals surface area contributed by atoms with E-state index in [0.29, 0.717) is 11.3 Å². The maximum atomic E-state index is 13.8. The van der Waals surface area contributed by atoms with Gasteiger partial charge >= 0.3 is 0 Å². The molecule has 5 heteroatoms. The number of aromatic amines is 1. The Hall–Kier alpha value is -2.66. The summed E-state index contributed by atoms with van der Waals surface area (Å²) in [6.07, 6.45) is 1.75. The lowest BCUT2D eigenvalue weighted by Crippen LogP contribution is -1.91. The third-order valence-corrected chi connectivity index (χ3v) is 4.79. The van der Waals surface area contributed by atoms with Gasteiger partial charge in [0.15, 0.2) is 0 Å². The molecule has 0 saturated carbocycles. The van der Waals surface area contributed by atoms with Crippen molar-refractivity contribution in [2.45, 2.75) is 10.8 Å². The summed E-state index contributed by atoms with van der Waals surface area (Å²) in [5.41, 5.74) is 3.50. The zero-order valence-corrected chi connectivity index (χ0v) is 13.6. The number of hydrogen-bond donors (Lipinski definition) is 1. The first-order valence-electron chi connectivity index (χ1n) is 7.57. The Morgan fingerprint density at radius 1 is 0.958 bits per heavy atom. The second-order valence-electron chi connectivity index (χ2n) is 5.34. The minimum atomic E-state index is -0.189. The van der Waals surface area contributed by atoms with Crippen LogP contribution in [0.5, 0.6) is 0 Å². The van der Waals surface area contributed by atoms with Gasteiger partial charge in [-0.15, -0.1) is 11.8 Å². The Bertz CT molecular complexity index is 964. The average Bonchev–Trinajstić information content (AvgIpc) is 3.05. The van der Waals surface area contributed by atoms with E-state index in [-0.39, 0.29) is 5.82 Å². The molecule has 3 nitrogen and oxygen atoms in total. The summed E-state index contributed by atoms with van der Waals surface area (Å²) in [5, 5.41) is 0.833. The van der Waals surface area contributed by atoms with Crippen LogP contribution in [0.3, 0.4) is 0 Å². The van der Waals surface area contributed by atoms with Gasteiger partial charge in [0.2, 0.25) is 0 Å². The molecule has 0 aliphatic heterocycles. The SMILES string of the molecule is Fc1ccccc1CSc1ncccc1-c1nc2ccccc2[nH]1. The fourth-order valence-corrected chi connectivity index (χ4v) is 3.51. The van der Waals surface area contributed by atoms with Gasteiger partial charge in [0, 0.05) is 17.5 Å². The molecule has 0 atom stereocenters. The number of rotatable bonds is 4. The van der Waals surface area contributed by atoms with E-state index in [4.69, 9.17) is 0 Å². The fourth-order valence-electron chi connectivity index (χ4n) is 2.53. The summed E-state index contributed by atoms with van der Waals surface area (Å²) in [5.74, 6) is 1.11. The van der Waals surface area contributed by atoms with Crippen molar-refractivity contribution in [1.82, 2.24) is 15.0 Å². The summed E-state index contributed by atoms with van der Waals surface area (Å²) < 4.78 is 13.8. The molecule has 0 unspecified atom stereocenters. The van der Waals surface area contributed by atoms with Crippen LogP contribution in [0.15, 0.2) is 71.9 Å². The largest absolute Gasteiger partial charge is 0.338 e. The number of benzene rings is 2. The van der Waals surface area contributed by atoms with E-state index in [1.54, 1.807) is 18.3 Å². The van der Waals surface area contributed by atoms with Crippen LogP contribution in [0.1, 0.15) is 5.56 Å². The Labute approximate surface area is 143 Å². The molecule has 0 aliphatic carbocycles. The van der Waals surface area contributed by atoms with E-state index in [1.165, 1.54) is 17.8 Å². The van der Waals surface area contributed by atoms with Gasteiger partial charge in [0.25, 0.3) is 0 Å². The van der Waals surface area contributed by atoms with Crippen molar-refractivity contribution in [2.75, 3.05) is 0 Å². The summed E-state index contributed by atoms with van der Waals surface area (Å²) in [6, 6.07) is 18.6. The zero-order chi connectivity index (χ0) is 16.4. The van der Waals surface area contributed by atoms with E-state index < -0.39 is 0 Å². The third kappa shape index (κ3) is 2.90. The lowest BCUT2D eigenvalue weighted by molar-refractivity contribution is 0.617. The number of imidazole rings is 1. The molecular formula is C19H14FN3S. The van der Waals surface area contributed by atoms with Gasteiger partial charge < -0.3 is 4.98 Å². The van der Waals surface area contributed by atoms with Gasteiger partial charge in [-0.05, 0) is 35.9 Å². The minimum absolute atomic E-state index is 0.189. The lowest BCUT2D eigenvalue weighted by Gasteiger charge is -2.06. The molecule has 0 amide bonds. The van der Waals surface area contributed by atoms with Crippen LogP contribution in [0.4, 0.5) is 4.39 Å². The summed E-state index contributed by atoms with van der Waals surface area (Å²) in [4.78, 5) is 12.4. The molecule has 2 aromatic carbocycles. The first-order valence-corrected chi connectivity index (χ1v) is 8.56. The molecule has 118 valence electrons. The van der Waals surface area contributed by atoms with Crippen LogP contribution in [0.2, 0.25) is 0 Å². The van der Waals surface area contributed by atoms with Gasteiger partial charge in [0.1, 0.15) is 16.7 Å². The molecular weight excluding hydrogens is 321 g/mol. The van der Waals surface area contributed by atoms with Crippen LogP contribution in [-0.2, 0) is 5.75 Å². The van der Waals surface area contributed by atoms with Crippen molar-refractivity contribution < 1.29 is 4.39 Å². The zero-order valence-electron chi connectivity index (χ0n) is 12.7. The van der Waals surface area contributed by atoms with Crippen molar-refractivity contribution in [1.29, 1.82) is 0 Å². The van der Waals surface area contributed by atoms with E-state index in [1.807, 2.05) is 42.5 Å². The molecule has 4 rings (SSSR count). The van der Waals surface area contributed by atoms with E-state index in [9.17, 15) is 4.39 Å². The maximum Gasteiger partial charge on any atom is 0.141 e. The first kappa shape index (κ1) is 14.9. The lowest BCUT2D eigenvalue weighted by atomic mass is 10.2. The maximum absolute atomic E-state index is 13.8. The van der Waals surface area contributed by atoms with Crippen molar-refractivity contribution in [2.24, 2.45) is 0 Å². The highest BCUT2D eigenvalue weighted by Crippen LogP contribution is 2.31. The highest BCUT2D eigenvalue weighted by molar-refractivity contribution is 7.98. The topological polar surface area (TPSA) is 41.6 Å². The number of pyridine rings is 1. The monoisotopic (exact) mass is 335 g/mol. The molecule has 0 fully saturated rings. The van der Waals surface area contributed by atoms with Gasteiger partial charge in [0.05, 0.1) is 11.0 Å². The number of para-hydroxylation sites is 2. The molecule has 0 aliphatic rings. The Kier molecular flexibility index (Phi) is 4.01. The first-order chi connectivity index (χ1) is 11.8. The number of fused-ring (bicyclic) bond motifs is 1. The minimum Gasteiger partial charge on any atom is -0.338 e. The number of aromatic nitrogens is 3. The normalized spacial score (nSPS) is 11.0. The predicted molar refractivity (Wildman–Crippen MR) is 95.3 cm³/mol. The van der Waals surface area contributed by atoms with E-state index in [2.05, 4.69) is 15.0 Å². The standard InChI is InChI=1S/C19H14FN3S/c20-15-8-2-1-6-13(15)12-24-19-14(7-5-11-21-19)18-22-16-9-3-4-10-17(16)23-18/h1-11H,12H2,(H,22,23). The van der Waals surface area contributed by atoms with Crippen LogP contribution in [0, 0.1) is 5.82 Å². The quantitative estimate of drug-likeness (QED) is 0.530. The second-order valence-corrected chi connectivity index (χ2v) is 6.30. The smallest absolute Gasteiger partial charge is 0.141 e. The third-order valence-electron chi connectivity index (χ3n) is 3.74. The fraction of sp³-hybridized carbons (Fsp3) is 0.0526. The van der Waals surface area contributed by atoms with E-state index in [0.717, 1.165) is 27.4 Å². The molecule has 0 saturated heterocycles. The predicted octanol–water partition coefficient (Wildman–Crippen LogP) is 5.06. The number of H-pyrrole nitrogens is 1. The molecule has 0 spiro atoms. The van der Waals surface area contributed by atoms with Gasteiger partial charge in [-0.1, -0.05) is 30.3 Å². The highest BCUT2D eigenvalue weighted by atomic mass is 32.2. The summed E-state index contributed by atoms with van der Waals surface area (Å²) in [7, 11) is 0. The number of halogens is 1. The van der Waals surface area contributed by atoms with Crippen LogP contribution in [-0.4, -0.2) is 15.0 Å². The Morgan fingerprint density at radius 3 is 2.67 bits per heavy atom. The van der Waals surface area contributed by atoms with Crippen molar-refractivity contribution in [3.8, 4) is 11.4 Å². The van der Waals surface area contributed by atoms with Gasteiger partial charge in [-0.3, -0.25) is 0 Å². The number of nitrogens with zero attached hydrogens (tertiary/aromatic N) is 2. The number of thioether (sulfide) groups is 1. The molecule has 2 aromatic heterocycles. The summed E-state index contributed by atoms with van der Waals surface area (Å²) >= 11 is 1.51. The van der Waals surface area contributed by atoms with E-state index >= 15 is 0 Å². The molecule has 0 bridgehead atoms. The highest BCUT2D eigenvalue weighted by Gasteiger charge is 2.12. The molecule has 24 heavy (non-hydrogen) atoms. The second kappa shape index (κ2) is 6.45. The number of hydrogen-bond acceptors (Lipinski definition) is 3. The van der Waals surface area contributed by atoms with Crippen molar-refractivity contribution in [3.05, 3.63) is 78.2 Å². The van der Waals surface area contributed by atoms with Gasteiger partial charge in [-0.25, -0.2) is 14.4 Å². The molecule has 0 radical (unpaired) electrons. The summed E-state index contributed by atoms with van der Waals surface area (Å²) in [6.45, 7) is 0. The van der Waals surface area contributed by atoms with Crippen LogP contribution in [0.25, 0.3) is 22.4 Å². The molecule has 2 heterocycles. The molecule has 1 N–H and O–H groups in total. The Morgan fingerprint density at radius 2 is 1.79 bits per heavy atom. The number of nitrogens with one attached hydrogen (secondary N) is 1. The average molecular weight is 335 g/mol.